The van der Waals surface area contributed by atoms with Crippen LogP contribution in [0.2, 0.25) is 5.02 Å². The van der Waals surface area contributed by atoms with Crippen molar-refractivity contribution in [2.24, 2.45) is 0 Å². The van der Waals surface area contributed by atoms with Crippen molar-refractivity contribution >= 4 is 17.4 Å². The molecule has 1 aromatic heterocycles. The summed E-state index contributed by atoms with van der Waals surface area (Å²) in [6.07, 6.45) is 0. The van der Waals surface area contributed by atoms with Crippen LogP contribution in [-0.4, -0.2) is 48.6 Å². The number of aliphatic hydroxyl groups excluding tert-OH is 2. The van der Waals surface area contributed by atoms with E-state index < -0.39 is 0 Å². The van der Waals surface area contributed by atoms with Gasteiger partial charge in [-0.05, 0) is 12.1 Å². The van der Waals surface area contributed by atoms with Gasteiger partial charge in [0.15, 0.2) is 0 Å². The molecule has 17 heavy (non-hydrogen) atoms. The zero-order chi connectivity index (χ0) is 12.7. The van der Waals surface area contributed by atoms with Gasteiger partial charge in [0.2, 0.25) is 0 Å². The van der Waals surface area contributed by atoms with E-state index in [4.69, 9.17) is 26.6 Å². The third-order valence-corrected chi connectivity index (χ3v) is 2.60. The lowest BCUT2D eigenvalue weighted by molar-refractivity contribution is 0.0970. The first kappa shape index (κ1) is 14.2. The molecule has 0 saturated heterocycles. The van der Waals surface area contributed by atoms with Crippen molar-refractivity contribution in [2.45, 2.75) is 6.61 Å². The van der Waals surface area contributed by atoms with E-state index in [1.807, 2.05) is 11.9 Å². The van der Waals surface area contributed by atoms with Crippen LogP contribution in [0.15, 0.2) is 12.1 Å². The van der Waals surface area contributed by atoms with Gasteiger partial charge in [-0.1, -0.05) is 11.6 Å². The highest BCUT2D eigenvalue weighted by Gasteiger charge is 2.06. The van der Waals surface area contributed by atoms with E-state index in [-0.39, 0.29) is 13.2 Å². The maximum absolute atomic E-state index is 9.05. The Morgan fingerprint density at radius 1 is 1.35 bits per heavy atom. The normalized spacial score (nSPS) is 10.6. The summed E-state index contributed by atoms with van der Waals surface area (Å²) in [5, 5.41) is 18.1. The van der Waals surface area contributed by atoms with Crippen molar-refractivity contribution in [1.29, 1.82) is 0 Å². The summed E-state index contributed by atoms with van der Waals surface area (Å²) in [6, 6.07) is 3.49. The molecule has 0 spiro atoms. The van der Waals surface area contributed by atoms with Crippen molar-refractivity contribution < 1.29 is 14.9 Å². The van der Waals surface area contributed by atoms with E-state index in [1.54, 1.807) is 12.1 Å². The predicted octanol–water partition coefficient (Wildman–Crippen LogP) is 0.672. The minimum absolute atomic E-state index is 0.0254. The maximum atomic E-state index is 9.05. The lowest BCUT2D eigenvalue weighted by atomic mass is 10.3. The first-order chi connectivity index (χ1) is 8.19. The van der Waals surface area contributed by atoms with E-state index in [2.05, 4.69) is 4.98 Å². The van der Waals surface area contributed by atoms with Gasteiger partial charge in [-0.15, -0.1) is 0 Å². The van der Waals surface area contributed by atoms with Crippen LogP contribution in [-0.2, 0) is 11.3 Å². The lowest BCUT2D eigenvalue weighted by Gasteiger charge is -2.18. The summed E-state index contributed by atoms with van der Waals surface area (Å²) in [6.45, 7) is 1.35. The van der Waals surface area contributed by atoms with Crippen LogP contribution in [0.4, 0.5) is 5.82 Å². The summed E-state index contributed by atoms with van der Waals surface area (Å²) >= 11 is 5.85. The molecule has 0 unspecified atom stereocenters. The van der Waals surface area contributed by atoms with Crippen molar-refractivity contribution in [3.8, 4) is 0 Å². The maximum Gasteiger partial charge on any atom is 0.128 e. The Bertz CT molecular complexity index is 349. The molecule has 1 rings (SSSR count). The molecule has 0 aromatic carbocycles. The number of ether oxygens (including phenoxy) is 1. The number of hydrogen-bond donors (Lipinski definition) is 2. The molecule has 0 aliphatic rings. The third kappa shape index (κ3) is 4.47. The molecule has 5 nitrogen and oxygen atoms in total. The second-order valence-corrected chi connectivity index (χ2v) is 3.92. The van der Waals surface area contributed by atoms with Crippen LogP contribution in [0.25, 0.3) is 0 Å². The molecule has 1 heterocycles. The Hall–Kier alpha value is -0.880. The molecular formula is C11H17ClN2O3. The number of anilines is 1. The molecule has 0 aliphatic carbocycles. The summed E-state index contributed by atoms with van der Waals surface area (Å²) in [4.78, 5) is 6.12. The Balaban J connectivity index is 2.53. The third-order valence-electron chi connectivity index (χ3n) is 2.25. The molecule has 0 radical (unpaired) electrons. The molecule has 6 heteroatoms. The standard InChI is InChI=1S/C11H17ClN2O3/c1-14(4-6-17-7-5-15)11-3-2-9(12)10(8-16)13-11/h2-3,15-16H,4-8H2,1H3. The van der Waals surface area contributed by atoms with E-state index in [0.29, 0.717) is 30.5 Å². The van der Waals surface area contributed by atoms with E-state index >= 15 is 0 Å². The van der Waals surface area contributed by atoms with Gasteiger partial charge in [0, 0.05) is 13.6 Å². The van der Waals surface area contributed by atoms with Crippen LogP contribution >= 0.6 is 11.6 Å². The highest BCUT2D eigenvalue weighted by Crippen LogP contribution is 2.18. The fourth-order valence-corrected chi connectivity index (χ4v) is 1.44. The zero-order valence-corrected chi connectivity index (χ0v) is 10.5. The Morgan fingerprint density at radius 2 is 2.12 bits per heavy atom. The van der Waals surface area contributed by atoms with Crippen LogP contribution in [0.1, 0.15) is 5.69 Å². The van der Waals surface area contributed by atoms with Crippen molar-refractivity contribution in [3.05, 3.63) is 22.8 Å². The van der Waals surface area contributed by atoms with Crippen molar-refractivity contribution in [2.75, 3.05) is 38.3 Å². The highest BCUT2D eigenvalue weighted by molar-refractivity contribution is 6.31. The summed E-state index contributed by atoms with van der Waals surface area (Å²) < 4.78 is 5.16. The Morgan fingerprint density at radius 3 is 2.76 bits per heavy atom. The number of pyridine rings is 1. The Kier molecular flexibility index (Phi) is 6.21. The predicted molar refractivity (Wildman–Crippen MR) is 66.3 cm³/mol. The largest absolute Gasteiger partial charge is 0.394 e. The highest BCUT2D eigenvalue weighted by atomic mass is 35.5. The second-order valence-electron chi connectivity index (χ2n) is 3.51. The molecule has 0 aliphatic heterocycles. The summed E-state index contributed by atoms with van der Waals surface area (Å²) in [5.74, 6) is 0.728. The minimum Gasteiger partial charge on any atom is -0.394 e. The molecule has 2 N–H and O–H groups in total. The number of nitrogens with zero attached hydrogens (tertiary/aromatic N) is 2. The molecule has 0 bridgehead atoms. The van der Waals surface area contributed by atoms with Gasteiger partial charge >= 0.3 is 0 Å². The molecule has 96 valence electrons. The lowest BCUT2D eigenvalue weighted by Crippen LogP contribution is -2.24. The number of halogens is 1. The number of likely N-dealkylation sites (N-methyl/N-ethyl adjacent to an activating group) is 1. The molecule has 1 aromatic rings. The van der Waals surface area contributed by atoms with Crippen molar-refractivity contribution in [1.82, 2.24) is 4.98 Å². The van der Waals surface area contributed by atoms with E-state index in [1.165, 1.54) is 0 Å². The van der Waals surface area contributed by atoms with E-state index in [9.17, 15) is 0 Å². The van der Waals surface area contributed by atoms with Gasteiger partial charge in [-0.2, -0.15) is 0 Å². The molecule has 0 fully saturated rings. The van der Waals surface area contributed by atoms with Crippen LogP contribution < -0.4 is 4.90 Å². The SMILES string of the molecule is CN(CCOCCO)c1ccc(Cl)c(CO)n1. The fourth-order valence-electron chi connectivity index (χ4n) is 1.28. The quantitative estimate of drug-likeness (QED) is 0.706. The van der Waals surface area contributed by atoms with Gasteiger partial charge in [-0.3, -0.25) is 0 Å². The van der Waals surface area contributed by atoms with Gasteiger partial charge in [0.1, 0.15) is 5.82 Å². The van der Waals surface area contributed by atoms with Gasteiger partial charge < -0.3 is 19.8 Å². The number of aromatic nitrogens is 1. The number of hydrogen-bond acceptors (Lipinski definition) is 5. The molecule has 0 saturated carbocycles. The molecule has 0 atom stereocenters. The first-order valence-electron chi connectivity index (χ1n) is 5.35. The zero-order valence-electron chi connectivity index (χ0n) is 9.77. The number of aliphatic hydroxyl groups is 2. The average molecular weight is 261 g/mol. The van der Waals surface area contributed by atoms with Crippen LogP contribution in [0.3, 0.4) is 0 Å². The monoisotopic (exact) mass is 260 g/mol. The summed E-state index contributed by atoms with van der Waals surface area (Å²) in [5.41, 5.74) is 0.465. The fraction of sp³-hybridized carbons (Fsp3) is 0.545. The first-order valence-corrected chi connectivity index (χ1v) is 5.73. The summed E-state index contributed by atoms with van der Waals surface area (Å²) in [7, 11) is 1.87. The topological polar surface area (TPSA) is 65.8 Å². The molecule has 0 amide bonds. The van der Waals surface area contributed by atoms with Gasteiger partial charge in [0.25, 0.3) is 0 Å². The average Bonchev–Trinajstić information content (AvgIpc) is 2.35. The van der Waals surface area contributed by atoms with E-state index in [0.717, 1.165) is 5.82 Å². The minimum atomic E-state index is -0.179. The Labute approximate surface area is 106 Å². The van der Waals surface area contributed by atoms with Crippen LogP contribution in [0.5, 0.6) is 0 Å². The van der Waals surface area contributed by atoms with Crippen LogP contribution in [0, 0.1) is 0 Å². The van der Waals surface area contributed by atoms with Crippen molar-refractivity contribution in [3.63, 3.8) is 0 Å². The molecular weight excluding hydrogens is 244 g/mol. The van der Waals surface area contributed by atoms with Gasteiger partial charge in [-0.25, -0.2) is 4.98 Å². The second kappa shape index (κ2) is 7.45. The number of rotatable bonds is 7. The van der Waals surface area contributed by atoms with Gasteiger partial charge in [0.05, 0.1) is 37.1 Å². The smallest absolute Gasteiger partial charge is 0.128 e.